The second-order valence-corrected chi connectivity index (χ2v) is 10.0. The number of rotatable bonds is 6. The lowest BCUT2D eigenvalue weighted by Crippen LogP contribution is -2.40. The molecule has 192 valence electrons. The Labute approximate surface area is 205 Å². The molecule has 2 saturated heterocycles. The van der Waals surface area contributed by atoms with Gasteiger partial charge >= 0.3 is 0 Å². The number of piperidine rings is 2. The molecule has 2 atom stereocenters. The number of non-ortho nitro benzene ring substituents is 1. The zero-order valence-corrected chi connectivity index (χ0v) is 19.8. The maximum Gasteiger partial charge on any atom is 0.271 e. The van der Waals surface area contributed by atoms with Crippen LogP contribution >= 0.6 is 0 Å². The quantitative estimate of drug-likeness (QED) is 0.460. The first kappa shape index (κ1) is 24.3. The smallest absolute Gasteiger partial charge is 0.271 e. The van der Waals surface area contributed by atoms with Crippen molar-refractivity contribution in [2.75, 3.05) is 48.0 Å². The van der Waals surface area contributed by atoms with Crippen molar-refractivity contribution in [2.45, 2.75) is 38.5 Å². The molecule has 3 fully saturated rings. The van der Waals surface area contributed by atoms with Gasteiger partial charge in [-0.2, -0.15) is 4.98 Å². The lowest BCUT2D eigenvalue weighted by molar-refractivity contribution is -0.384. The standard InChI is InChI=1S/C24H27F3N6O3/c1-15-10-20(30-22(28-15)31-8-5-24(26,27)6-9-31)29-21(34)18-3-2-17(33(35)36)11-19(18)32-7-4-23(14-25)12-16(23)13-32/h2-3,10-11,16H,4-9,12-14H2,1H3,(H,28,29,30,34). The Hall–Kier alpha value is -3.44. The molecule has 5 rings (SSSR count). The first-order chi connectivity index (χ1) is 17.1. The van der Waals surface area contributed by atoms with Crippen LogP contribution in [-0.4, -0.2) is 59.6 Å². The highest BCUT2D eigenvalue weighted by molar-refractivity contribution is 6.08. The first-order valence-electron chi connectivity index (χ1n) is 12.0. The van der Waals surface area contributed by atoms with E-state index in [1.165, 1.54) is 18.2 Å². The van der Waals surface area contributed by atoms with E-state index in [0.29, 0.717) is 30.9 Å². The molecule has 0 radical (unpaired) electrons. The topological polar surface area (TPSA) is 104 Å². The van der Waals surface area contributed by atoms with Gasteiger partial charge < -0.3 is 15.1 Å². The number of alkyl halides is 3. The van der Waals surface area contributed by atoms with Crippen molar-refractivity contribution in [1.82, 2.24) is 9.97 Å². The number of nitrogens with one attached hydrogen (secondary N) is 1. The molecular weight excluding hydrogens is 477 g/mol. The first-order valence-corrected chi connectivity index (χ1v) is 12.0. The third-order valence-electron chi connectivity index (χ3n) is 7.58. The summed E-state index contributed by atoms with van der Waals surface area (Å²) in [7, 11) is 0. The zero-order chi connectivity index (χ0) is 25.7. The summed E-state index contributed by atoms with van der Waals surface area (Å²) < 4.78 is 40.6. The van der Waals surface area contributed by atoms with E-state index < -0.39 is 16.8 Å². The number of nitro groups is 1. The van der Waals surface area contributed by atoms with Crippen LogP contribution in [0.2, 0.25) is 0 Å². The highest BCUT2D eigenvalue weighted by atomic mass is 19.3. The van der Waals surface area contributed by atoms with E-state index in [0.717, 1.165) is 6.42 Å². The van der Waals surface area contributed by atoms with E-state index in [1.54, 1.807) is 17.9 Å². The van der Waals surface area contributed by atoms with Gasteiger partial charge in [0.2, 0.25) is 5.95 Å². The number of amides is 1. The summed E-state index contributed by atoms with van der Waals surface area (Å²) in [6, 6.07) is 5.64. The number of hydrogen-bond donors (Lipinski definition) is 1. The van der Waals surface area contributed by atoms with Crippen molar-refractivity contribution in [2.24, 2.45) is 11.3 Å². The van der Waals surface area contributed by atoms with E-state index in [-0.39, 0.29) is 67.0 Å². The van der Waals surface area contributed by atoms with Gasteiger partial charge in [0.25, 0.3) is 17.5 Å². The lowest BCUT2D eigenvalue weighted by atomic mass is 9.95. The van der Waals surface area contributed by atoms with E-state index in [9.17, 15) is 28.1 Å². The van der Waals surface area contributed by atoms with Gasteiger partial charge in [-0.3, -0.25) is 19.3 Å². The van der Waals surface area contributed by atoms with Crippen molar-refractivity contribution in [1.29, 1.82) is 0 Å². The Kier molecular flexibility index (Phi) is 6.00. The molecule has 1 aromatic carbocycles. The van der Waals surface area contributed by atoms with Crippen molar-refractivity contribution in [3.63, 3.8) is 0 Å². The molecule has 36 heavy (non-hydrogen) atoms. The summed E-state index contributed by atoms with van der Waals surface area (Å²) in [5.74, 6) is -2.58. The number of aryl methyl sites for hydroxylation is 1. The number of anilines is 3. The minimum Gasteiger partial charge on any atom is -0.370 e. The largest absolute Gasteiger partial charge is 0.370 e. The predicted octanol–water partition coefficient (Wildman–Crippen LogP) is 4.37. The predicted molar refractivity (Wildman–Crippen MR) is 128 cm³/mol. The molecule has 12 heteroatoms. The molecule has 1 saturated carbocycles. The Balaban J connectivity index is 1.38. The Morgan fingerprint density at radius 1 is 1.17 bits per heavy atom. The normalized spacial score (nSPS) is 24.7. The van der Waals surface area contributed by atoms with Gasteiger partial charge in [0.1, 0.15) is 5.82 Å². The average molecular weight is 505 g/mol. The van der Waals surface area contributed by atoms with Gasteiger partial charge in [0.15, 0.2) is 0 Å². The summed E-state index contributed by atoms with van der Waals surface area (Å²) >= 11 is 0. The van der Waals surface area contributed by atoms with Gasteiger partial charge in [0.05, 0.1) is 22.8 Å². The third kappa shape index (κ3) is 4.68. The molecule has 1 aromatic heterocycles. The second-order valence-electron chi connectivity index (χ2n) is 10.0. The van der Waals surface area contributed by atoms with Crippen molar-refractivity contribution in [3.05, 3.63) is 45.6 Å². The number of aromatic nitrogens is 2. The fraction of sp³-hybridized carbons (Fsp3) is 0.542. The lowest BCUT2D eigenvalue weighted by Gasteiger charge is -2.33. The summed E-state index contributed by atoms with van der Waals surface area (Å²) in [5.41, 5.74) is 0.799. The maximum absolute atomic E-state index is 13.6. The molecule has 1 N–H and O–H groups in total. The number of carbonyl (C=O) groups is 1. The highest BCUT2D eigenvalue weighted by Gasteiger charge is 2.56. The molecule has 1 amide bonds. The Bertz CT molecular complexity index is 1200. The van der Waals surface area contributed by atoms with Gasteiger partial charge in [-0.05, 0) is 31.7 Å². The van der Waals surface area contributed by atoms with Gasteiger partial charge in [-0.15, -0.1) is 0 Å². The van der Waals surface area contributed by atoms with Gasteiger partial charge in [-0.25, -0.2) is 13.8 Å². The number of carbonyl (C=O) groups excluding carboxylic acids is 1. The summed E-state index contributed by atoms with van der Waals surface area (Å²) in [5, 5.41) is 14.2. The highest BCUT2D eigenvalue weighted by Crippen LogP contribution is 2.58. The molecule has 3 aliphatic rings. The van der Waals surface area contributed by atoms with E-state index >= 15 is 0 Å². The van der Waals surface area contributed by atoms with Gasteiger partial charge in [0, 0.05) is 68.3 Å². The second kappa shape index (κ2) is 8.90. The van der Waals surface area contributed by atoms with Crippen LogP contribution in [0, 0.1) is 28.4 Å². The average Bonchev–Trinajstić information content (AvgIpc) is 3.57. The zero-order valence-electron chi connectivity index (χ0n) is 19.8. The monoisotopic (exact) mass is 504 g/mol. The van der Waals surface area contributed by atoms with E-state index in [4.69, 9.17) is 0 Å². The number of nitro benzene ring substituents is 1. The van der Waals surface area contributed by atoms with Crippen LogP contribution in [0.15, 0.2) is 24.3 Å². The molecule has 1 aliphatic carbocycles. The summed E-state index contributed by atoms with van der Waals surface area (Å²) in [6.45, 7) is 2.58. The minimum absolute atomic E-state index is 0.104. The van der Waals surface area contributed by atoms with Crippen LogP contribution in [0.25, 0.3) is 0 Å². The molecule has 9 nitrogen and oxygen atoms in total. The molecular formula is C24H27F3N6O3. The molecule has 0 bridgehead atoms. The molecule has 3 heterocycles. The maximum atomic E-state index is 13.6. The van der Waals surface area contributed by atoms with Crippen LogP contribution in [0.5, 0.6) is 0 Å². The van der Waals surface area contributed by atoms with Crippen LogP contribution in [-0.2, 0) is 0 Å². The van der Waals surface area contributed by atoms with Crippen LogP contribution < -0.4 is 15.1 Å². The fourth-order valence-electron chi connectivity index (χ4n) is 5.22. The van der Waals surface area contributed by atoms with Crippen LogP contribution in [0.3, 0.4) is 0 Å². The number of hydrogen-bond acceptors (Lipinski definition) is 7. The molecule has 2 aliphatic heterocycles. The van der Waals surface area contributed by atoms with Crippen LogP contribution in [0.4, 0.5) is 36.3 Å². The van der Waals surface area contributed by atoms with Crippen molar-refractivity contribution < 1.29 is 22.9 Å². The fourth-order valence-corrected chi connectivity index (χ4v) is 5.22. The van der Waals surface area contributed by atoms with Gasteiger partial charge in [-0.1, -0.05) is 0 Å². The summed E-state index contributed by atoms with van der Waals surface area (Å²) in [4.78, 5) is 36.5. The number of halogens is 3. The van der Waals surface area contributed by atoms with Crippen molar-refractivity contribution >= 4 is 29.0 Å². The number of fused-ring (bicyclic) bond motifs is 1. The third-order valence-corrected chi connectivity index (χ3v) is 7.58. The Morgan fingerprint density at radius 2 is 1.89 bits per heavy atom. The van der Waals surface area contributed by atoms with E-state index in [1.807, 2.05) is 4.90 Å². The number of benzene rings is 1. The molecule has 0 spiro atoms. The SMILES string of the molecule is Cc1cc(NC(=O)c2ccc([N+](=O)[O-])cc2N2CCC3(CF)CC3C2)nc(N2CCC(F)(F)CC2)n1. The van der Waals surface area contributed by atoms with Crippen molar-refractivity contribution in [3.8, 4) is 0 Å². The molecule has 2 aromatic rings. The summed E-state index contributed by atoms with van der Waals surface area (Å²) in [6.07, 6.45) is 0.820. The minimum atomic E-state index is -2.71. The van der Waals surface area contributed by atoms with E-state index in [2.05, 4.69) is 15.3 Å². The Morgan fingerprint density at radius 3 is 2.56 bits per heavy atom. The molecule has 2 unspecified atom stereocenters. The van der Waals surface area contributed by atoms with Crippen LogP contribution in [0.1, 0.15) is 41.7 Å². The number of nitrogens with zero attached hydrogens (tertiary/aromatic N) is 5.